The molecular weight excluding hydrogens is 442 g/mol. The van der Waals surface area contributed by atoms with Gasteiger partial charge < -0.3 is 9.80 Å². The Hall–Kier alpha value is -3.52. The summed E-state index contributed by atoms with van der Waals surface area (Å²) in [7, 11) is 0. The molecule has 1 aliphatic rings. The van der Waals surface area contributed by atoms with Gasteiger partial charge in [0.15, 0.2) is 5.82 Å². The molecule has 1 saturated heterocycles. The number of benzene rings is 2. The average molecular weight is 466 g/mol. The molecule has 1 amide bonds. The van der Waals surface area contributed by atoms with Crippen LogP contribution in [0.25, 0.3) is 11.4 Å². The maximum atomic E-state index is 13.0. The normalized spacial score (nSPS) is 13.8. The molecule has 4 rings (SSSR count). The van der Waals surface area contributed by atoms with E-state index in [0.717, 1.165) is 22.6 Å². The number of aromatic nitrogens is 2. The molecule has 0 bridgehead atoms. The van der Waals surface area contributed by atoms with Gasteiger partial charge in [-0.3, -0.25) is 14.9 Å². The SMILES string of the molecule is Cc1ccc(C(=O)N2CCN(c3nc(-c4ccc(Cl)cc4)nc(C)c3C)CC2)cc1[N+](=O)[O-]. The number of nitrogens with zero attached hydrogens (tertiary/aromatic N) is 5. The molecule has 170 valence electrons. The number of rotatable bonds is 4. The first kappa shape index (κ1) is 22.7. The Kier molecular flexibility index (Phi) is 6.29. The number of nitro groups is 1. The fourth-order valence-corrected chi connectivity index (χ4v) is 4.02. The lowest BCUT2D eigenvalue weighted by Gasteiger charge is -2.36. The van der Waals surface area contributed by atoms with Gasteiger partial charge in [-0.1, -0.05) is 17.7 Å². The summed E-state index contributed by atoms with van der Waals surface area (Å²) in [5.74, 6) is 1.29. The zero-order chi connectivity index (χ0) is 23.7. The fourth-order valence-electron chi connectivity index (χ4n) is 3.89. The quantitative estimate of drug-likeness (QED) is 0.413. The summed E-state index contributed by atoms with van der Waals surface area (Å²) in [5.41, 5.74) is 3.62. The van der Waals surface area contributed by atoms with Crippen LogP contribution in [0, 0.1) is 30.9 Å². The number of amides is 1. The lowest BCUT2D eigenvalue weighted by Crippen LogP contribution is -2.49. The van der Waals surface area contributed by atoms with Gasteiger partial charge in [-0.2, -0.15) is 0 Å². The summed E-state index contributed by atoms with van der Waals surface area (Å²) in [6.07, 6.45) is 0. The molecule has 0 atom stereocenters. The smallest absolute Gasteiger partial charge is 0.273 e. The molecule has 9 heteroatoms. The Morgan fingerprint density at radius 2 is 1.67 bits per heavy atom. The molecule has 0 radical (unpaired) electrons. The lowest BCUT2D eigenvalue weighted by molar-refractivity contribution is -0.385. The second-order valence-corrected chi connectivity index (χ2v) is 8.56. The molecule has 1 fully saturated rings. The van der Waals surface area contributed by atoms with E-state index in [9.17, 15) is 14.9 Å². The van der Waals surface area contributed by atoms with Gasteiger partial charge >= 0.3 is 0 Å². The molecule has 3 aromatic rings. The zero-order valence-corrected chi connectivity index (χ0v) is 19.5. The van der Waals surface area contributed by atoms with Crippen molar-refractivity contribution in [3.63, 3.8) is 0 Å². The van der Waals surface area contributed by atoms with Crippen molar-refractivity contribution in [3.8, 4) is 11.4 Å². The van der Waals surface area contributed by atoms with Crippen molar-refractivity contribution < 1.29 is 9.72 Å². The third kappa shape index (κ3) is 4.66. The number of anilines is 1. The van der Waals surface area contributed by atoms with Crippen LogP contribution in [-0.2, 0) is 0 Å². The monoisotopic (exact) mass is 465 g/mol. The lowest BCUT2D eigenvalue weighted by atomic mass is 10.1. The molecule has 0 aliphatic carbocycles. The maximum absolute atomic E-state index is 13.0. The molecule has 0 N–H and O–H groups in total. The molecule has 0 spiro atoms. The van der Waals surface area contributed by atoms with Crippen molar-refractivity contribution in [2.24, 2.45) is 0 Å². The van der Waals surface area contributed by atoms with Crippen molar-refractivity contribution in [3.05, 3.63) is 80.0 Å². The van der Waals surface area contributed by atoms with Crippen molar-refractivity contribution >= 4 is 29.0 Å². The number of hydrogen-bond acceptors (Lipinski definition) is 6. The average Bonchev–Trinajstić information content (AvgIpc) is 2.81. The Balaban J connectivity index is 1.52. The molecule has 2 aromatic carbocycles. The minimum Gasteiger partial charge on any atom is -0.353 e. The summed E-state index contributed by atoms with van der Waals surface area (Å²) in [4.78, 5) is 37.1. The molecular formula is C24H24ClN5O3. The van der Waals surface area contributed by atoms with Gasteiger partial charge in [-0.15, -0.1) is 0 Å². The van der Waals surface area contributed by atoms with Crippen LogP contribution in [0.5, 0.6) is 0 Å². The van der Waals surface area contributed by atoms with E-state index in [2.05, 4.69) is 9.88 Å². The third-order valence-electron chi connectivity index (χ3n) is 5.99. The third-order valence-corrected chi connectivity index (χ3v) is 6.24. The fraction of sp³-hybridized carbons (Fsp3) is 0.292. The summed E-state index contributed by atoms with van der Waals surface area (Å²) in [6, 6.07) is 12.0. The highest BCUT2D eigenvalue weighted by atomic mass is 35.5. The maximum Gasteiger partial charge on any atom is 0.273 e. The Labute approximate surface area is 197 Å². The molecule has 0 unspecified atom stereocenters. The van der Waals surface area contributed by atoms with Gasteiger partial charge in [-0.05, 0) is 51.1 Å². The number of piperazine rings is 1. The zero-order valence-electron chi connectivity index (χ0n) is 18.7. The van der Waals surface area contributed by atoms with Gasteiger partial charge in [0.1, 0.15) is 5.82 Å². The highest BCUT2D eigenvalue weighted by Gasteiger charge is 2.26. The second kappa shape index (κ2) is 9.15. The van der Waals surface area contributed by atoms with Crippen molar-refractivity contribution in [2.75, 3.05) is 31.1 Å². The largest absolute Gasteiger partial charge is 0.353 e. The molecule has 8 nitrogen and oxygen atoms in total. The highest BCUT2D eigenvalue weighted by molar-refractivity contribution is 6.30. The number of nitro benzene ring substituents is 1. The number of carbonyl (C=O) groups excluding carboxylic acids is 1. The number of halogens is 1. The summed E-state index contributed by atoms with van der Waals surface area (Å²) in [5, 5.41) is 11.9. The summed E-state index contributed by atoms with van der Waals surface area (Å²) >= 11 is 6.01. The van der Waals surface area contributed by atoms with Gasteiger partial charge in [0.25, 0.3) is 11.6 Å². The van der Waals surface area contributed by atoms with E-state index < -0.39 is 4.92 Å². The number of aryl methyl sites for hydroxylation is 2. The van der Waals surface area contributed by atoms with Crippen LogP contribution < -0.4 is 4.90 Å². The van der Waals surface area contributed by atoms with Gasteiger partial charge in [0.2, 0.25) is 0 Å². The Morgan fingerprint density at radius 3 is 2.30 bits per heavy atom. The first-order chi connectivity index (χ1) is 15.7. The van der Waals surface area contributed by atoms with Crippen LogP contribution in [0.1, 0.15) is 27.2 Å². The van der Waals surface area contributed by atoms with Crippen LogP contribution in [0.15, 0.2) is 42.5 Å². The molecule has 2 heterocycles. The predicted octanol–water partition coefficient (Wildman–Crippen LogP) is 4.59. The van der Waals surface area contributed by atoms with Gasteiger partial charge in [-0.25, -0.2) is 9.97 Å². The molecule has 33 heavy (non-hydrogen) atoms. The minimum absolute atomic E-state index is 0.0405. The van der Waals surface area contributed by atoms with Crippen molar-refractivity contribution in [1.29, 1.82) is 0 Å². The van der Waals surface area contributed by atoms with Crippen molar-refractivity contribution in [1.82, 2.24) is 14.9 Å². The second-order valence-electron chi connectivity index (χ2n) is 8.13. The van der Waals surface area contributed by atoms with Crippen LogP contribution in [0.3, 0.4) is 0 Å². The minimum atomic E-state index is -0.456. The Bertz CT molecular complexity index is 1220. The van der Waals surface area contributed by atoms with Crippen LogP contribution in [-0.4, -0.2) is 51.9 Å². The molecule has 0 saturated carbocycles. The first-order valence-electron chi connectivity index (χ1n) is 10.6. The summed E-state index contributed by atoms with van der Waals surface area (Å²) < 4.78 is 0. The predicted molar refractivity (Wildman–Crippen MR) is 128 cm³/mol. The van der Waals surface area contributed by atoms with E-state index in [1.54, 1.807) is 24.0 Å². The van der Waals surface area contributed by atoms with E-state index in [-0.39, 0.29) is 11.6 Å². The van der Waals surface area contributed by atoms with Crippen LogP contribution in [0.4, 0.5) is 11.5 Å². The van der Waals surface area contributed by atoms with Crippen molar-refractivity contribution in [2.45, 2.75) is 20.8 Å². The van der Waals surface area contributed by atoms with Crippen LogP contribution >= 0.6 is 11.6 Å². The van der Waals surface area contributed by atoms with E-state index in [0.29, 0.717) is 48.2 Å². The first-order valence-corrected chi connectivity index (χ1v) is 11.0. The van der Waals surface area contributed by atoms with Gasteiger partial charge in [0, 0.05) is 65.2 Å². The summed E-state index contributed by atoms with van der Waals surface area (Å²) in [6.45, 7) is 7.84. The van der Waals surface area contributed by atoms with E-state index in [4.69, 9.17) is 16.6 Å². The molecule has 1 aromatic heterocycles. The van der Waals surface area contributed by atoms with E-state index in [1.807, 2.05) is 38.1 Å². The highest BCUT2D eigenvalue weighted by Crippen LogP contribution is 2.27. The number of hydrogen-bond donors (Lipinski definition) is 0. The standard InChI is InChI=1S/C24H24ClN5O3/c1-15-4-5-19(14-21(15)30(32)33)24(31)29-12-10-28(11-13-29)23-16(2)17(3)26-22(27-23)18-6-8-20(25)9-7-18/h4-9,14H,10-13H2,1-3H3. The van der Waals surface area contributed by atoms with E-state index >= 15 is 0 Å². The molecule has 1 aliphatic heterocycles. The topological polar surface area (TPSA) is 92.5 Å². The van der Waals surface area contributed by atoms with Crippen LogP contribution in [0.2, 0.25) is 5.02 Å². The number of carbonyl (C=O) groups is 1. The van der Waals surface area contributed by atoms with Gasteiger partial charge in [0.05, 0.1) is 4.92 Å². The van der Waals surface area contributed by atoms with E-state index in [1.165, 1.54) is 6.07 Å². The Morgan fingerprint density at radius 1 is 1.00 bits per heavy atom.